The second-order valence-corrected chi connectivity index (χ2v) is 5.52. The lowest BCUT2D eigenvalue weighted by Crippen LogP contribution is -2.31. The summed E-state index contributed by atoms with van der Waals surface area (Å²) in [5.41, 5.74) is 11.8. The Balaban J connectivity index is 2.07. The predicted octanol–water partition coefficient (Wildman–Crippen LogP) is 2.38. The Labute approximate surface area is 114 Å². The third-order valence-corrected chi connectivity index (χ3v) is 3.78. The molecule has 0 bridgehead atoms. The summed E-state index contributed by atoms with van der Waals surface area (Å²) in [6.07, 6.45) is 1.83. The number of hydrogen-bond acceptors (Lipinski definition) is 3. The van der Waals surface area contributed by atoms with Crippen LogP contribution in [-0.2, 0) is 4.79 Å². The van der Waals surface area contributed by atoms with E-state index in [1.165, 1.54) is 22.3 Å². The van der Waals surface area contributed by atoms with Crippen LogP contribution in [0, 0.1) is 20.8 Å². The van der Waals surface area contributed by atoms with E-state index in [0.717, 1.165) is 6.42 Å². The van der Waals surface area contributed by atoms with E-state index in [2.05, 4.69) is 43.8 Å². The molecule has 1 aromatic carbocycles. The first kappa shape index (κ1) is 14.0. The molecule has 104 valence electrons. The van der Waals surface area contributed by atoms with Crippen LogP contribution in [0.1, 0.15) is 47.6 Å². The van der Waals surface area contributed by atoms with Crippen molar-refractivity contribution in [3.8, 4) is 0 Å². The topological polar surface area (TPSA) is 61.4 Å². The standard InChI is InChI=1S/C15H22N2O2/c1-9-6-10(2)15(11(3)7-9)13-8-12(16-17-13)4-5-14(18)19/h6-7,12-13,16-17H,4-5,8H2,1-3H3,(H,18,19). The lowest BCUT2D eigenvalue weighted by atomic mass is 9.91. The molecule has 0 amide bonds. The van der Waals surface area contributed by atoms with Crippen molar-refractivity contribution in [2.75, 3.05) is 0 Å². The zero-order valence-corrected chi connectivity index (χ0v) is 11.8. The molecule has 19 heavy (non-hydrogen) atoms. The largest absolute Gasteiger partial charge is 0.481 e. The first-order valence-electron chi connectivity index (χ1n) is 6.78. The Morgan fingerprint density at radius 2 is 1.89 bits per heavy atom. The van der Waals surface area contributed by atoms with Crippen LogP contribution < -0.4 is 10.9 Å². The van der Waals surface area contributed by atoms with Crippen molar-refractivity contribution in [2.24, 2.45) is 0 Å². The molecule has 2 rings (SSSR count). The molecule has 2 atom stereocenters. The second-order valence-electron chi connectivity index (χ2n) is 5.52. The quantitative estimate of drug-likeness (QED) is 0.779. The monoisotopic (exact) mass is 262 g/mol. The highest BCUT2D eigenvalue weighted by Gasteiger charge is 2.27. The first-order valence-corrected chi connectivity index (χ1v) is 6.78. The molecule has 0 saturated carbocycles. The molecule has 4 heteroatoms. The van der Waals surface area contributed by atoms with E-state index in [1.807, 2.05) is 0 Å². The smallest absolute Gasteiger partial charge is 0.303 e. The van der Waals surface area contributed by atoms with Crippen molar-refractivity contribution in [3.63, 3.8) is 0 Å². The normalized spacial score (nSPS) is 22.7. The summed E-state index contributed by atoms with van der Waals surface area (Å²) < 4.78 is 0. The van der Waals surface area contributed by atoms with Crippen LogP contribution in [-0.4, -0.2) is 17.1 Å². The minimum absolute atomic E-state index is 0.220. The summed E-state index contributed by atoms with van der Waals surface area (Å²) in [4.78, 5) is 10.6. The summed E-state index contributed by atoms with van der Waals surface area (Å²) in [6.45, 7) is 6.39. The number of nitrogens with one attached hydrogen (secondary N) is 2. The number of hydrogen-bond donors (Lipinski definition) is 3. The van der Waals surface area contributed by atoms with Crippen molar-refractivity contribution < 1.29 is 9.90 Å². The van der Waals surface area contributed by atoms with Gasteiger partial charge in [0.1, 0.15) is 0 Å². The summed E-state index contributed by atoms with van der Waals surface area (Å²) in [7, 11) is 0. The molecular formula is C15H22N2O2. The number of aliphatic carboxylic acids is 1. The van der Waals surface area contributed by atoms with Crippen LogP contribution >= 0.6 is 0 Å². The van der Waals surface area contributed by atoms with Gasteiger partial charge in [0.25, 0.3) is 0 Å². The van der Waals surface area contributed by atoms with Crippen LogP contribution in [0.2, 0.25) is 0 Å². The average molecular weight is 262 g/mol. The van der Waals surface area contributed by atoms with Crippen molar-refractivity contribution in [1.29, 1.82) is 0 Å². The molecule has 0 radical (unpaired) electrons. The van der Waals surface area contributed by atoms with Gasteiger partial charge in [0, 0.05) is 18.5 Å². The Kier molecular flexibility index (Phi) is 4.22. The van der Waals surface area contributed by atoms with E-state index >= 15 is 0 Å². The second kappa shape index (κ2) is 5.72. The number of carbonyl (C=O) groups is 1. The molecule has 0 aliphatic carbocycles. The fraction of sp³-hybridized carbons (Fsp3) is 0.533. The lowest BCUT2D eigenvalue weighted by Gasteiger charge is -2.17. The molecule has 0 aromatic heterocycles. The van der Waals surface area contributed by atoms with Gasteiger partial charge >= 0.3 is 5.97 Å². The highest BCUT2D eigenvalue weighted by molar-refractivity contribution is 5.66. The van der Waals surface area contributed by atoms with Crippen LogP contribution in [0.4, 0.5) is 0 Å². The fourth-order valence-corrected chi connectivity index (χ4v) is 3.04. The maximum absolute atomic E-state index is 10.6. The van der Waals surface area contributed by atoms with Crippen molar-refractivity contribution in [3.05, 3.63) is 34.4 Å². The SMILES string of the molecule is Cc1cc(C)c(C2CC(CCC(=O)O)NN2)c(C)c1. The van der Waals surface area contributed by atoms with E-state index < -0.39 is 5.97 Å². The Bertz CT molecular complexity index is 462. The van der Waals surface area contributed by atoms with E-state index in [4.69, 9.17) is 5.11 Å². The van der Waals surface area contributed by atoms with E-state index in [9.17, 15) is 4.79 Å². The van der Waals surface area contributed by atoms with E-state index in [1.54, 1.807) is 0 Å². The van der Waals surface area contributed by atoms with Crippen molar-refractivity contribution in [1.82, 2.24) is 10.9 Å². The van der Waals surface area contributed by atoms with Gasteiger partial charge in [-0.3, -0.25) is 10.2 Å². The zero-order valence-electron chi connectivity index (χ0n) is 11.8. The van der Waals surface area contributed by atoms with Gasteiger partial charge < -0.3 is 5.11 Å². The van der Waals surface area contributed by atoms with Gasteiger partial charge in [-0.05, 0) is 50.3 Å². The summed E-state index contributed by atoms with van der Waals surface area (Å²) in [5.74, 6) is -0.729. The Morgan fingerprint density at radius 3 is 2.47 bits per heavy atom. The highest BCUT2D eigenvalue weighted by atomic mass is 16.4. The summed E-state index contributed by atoms with van der Waals surface area (Å²) >= 11 is 0. The van der Waals surface area contributed by atoms with Gasteiger partial charge in [-0.1, -0.05) is 17.7 Å². The molecule has 0 spiro atoms. The van der Waals surface area contributed by atoms with Gasteiger partial charge in [-0.25, -0.2) is 5.43 Å². The maximum Gasteiger partial charge on any atom is 0.303 e. The highest BCUT2D eigenvalue weighted by Crippen LogP contribution is 2.29. The van der Waals surface area contributed by atoms with Gasteiger partial charge in [0.05, 0.1) is 0 Å². The molecule has 3 N–H and O–H groups in total. The molecule has 4 nitrogen and oxygen atoms in total. The van der Waals surface area contributed by atoms with Crippen LogP contribution in [0.25, 0.3) is 0 Å². The number of carboxylic acids is 1. The van der Waals surface area contributed by atoms with Crippen LogP contribution in [0.5, 0.6) is 0 Å². The Hall–Kier alpha value is -1.39. The van der Waals surface area contributed by atoms with Crippen LogP contribution in [0.15, 0.2) is 12.1 Å². The minimum Gasteiger partial charge on any atom is -0.481 e. The molecule has 1 aliphatic rings. The first-order chi connectivity index (χ1) is 8.97. The number of hydrazine groups is 1. The third kappa shape index (κ3) is 3.33. The average Bonchev–Trinajstić information content (AvgIpc) is 2.73. The zero-order chi connectivity index (χ0) is 14.0. The predicted molar refractivity (Wildman–Crippen MR) is 74.9 cm³/mol. The molecule has 1 aromatic rings. The number of aryl methyl sites for hydroxylation is 3. The molecule has 1 heterocycles. The fourth-order valence-electron chi connectivity index (χ4n) is 3.04. The van der Waals surface area contributed by atoms with E-state index in [0.29, 0.717) is 6.42 Å². The Morgan fingerprint density at radius 1 is 1.26 bits per heavy atom. The van der Waals surface area contributed by atoms with Crippen LogP contribution in [0.3, 0.4) is 0 Å². The number of carboxylic acid groups (broad SMARTS) is 1. The van der Waals surface area contributed by atoms with Gasteiger partial charge in [-0.15, -0.1) is 0 Å². The number of benzene rings is 1. The molecular weight excluding hydrogens is 240 g/mol. The summed E-state index contributed by atoms with van der Waals surface area (Å²) in [5, 5.41) is 8.73. The van der Waals surface area contributed by atoms with Gasteiger partial charge in [0.2, 0.25) is 0 Å². The third-order valence-electron chi connectivity index (χ3n) is 3.78. The number of rotatable bonds is 4. The van der Waals surface area contributed by atoms with Crippen molar-refractivity contribution >= 4 is 5.97 Å². The molecule has 1 saturated heterocycles. The van der Waals surface area contributed by atoms with Gasteiger partial charge in [-0.2, -0.15) is 0 Å². The lowest BCUT2D eigenvalue weighted by molar-refractivity contribution is -0.137. The molecule has 1 aliphatic heterocycles. The minimum atomic E-state index is -0.729. The maximum atomic E-state index is 10.6. The van der Waals surface area contributed by atoms with Crippen molar-refractivity contribution in [2.45, 2.75) is 52.1 Å². The summed E-state index contributed by atoms with van der Waals surface area (Å²) in [6, 6.07) is 4.92. The van der Waals surface area contributed by atoms with Gasteiger partial charge in [0.15, 0.2) is 0 Å². The molecule has 1 fully saturated rings. The van der Waals surface area contributed by atoms with E-state index in [-0.39, 0.29) is 18.5 Å². The molecule has 2 unspecified atom stereocenters.